The number of hydrogen-bond acceptors (Lipinski definition) is 4. The van der Waals surface area contributed by atoms with E-state index < -0.39 is 16.1 Å². The molecule has 8 heteroatoms. The van der Waals surface area contributed by atoms with Crippen molar-refractivity contribution in [2.24, 2.45) is 0 Å². The SMILES string of the molecule is CC[C@@H](C)NC(=O)[C@H](Cc1ccccc1)N(Cc1ccccc1)C(=O)CCCN(c1ccccc1)S(C)(=O)=O. The highest BCUT2D eigenvalue weighted by atomic mass is 32.2. The zero-order valence-electron chi connectivity index (χ0n) is 23.0. The maximum atomic E-state index is 13.8. The third-order valence-corrected chi connectivity index (χ3v) is 7.86. The molecule has 2 amide bonds. The van der Waals surface area contributed by atoms with E-state index in [1.165, 1.54) is 10.6 Å². The van der Waals surface area contributed by atoms with Crippen molar-refractivity contribution in [3.63, 3.8) is 0 Å². The minimum atomic E-state index is -3.53. The van der Waals surface area contributed by atoms with E-state index in [9.17, 15) is 18.0 Å². The third-order valence-electron chi connectivity index (χ3n) is 6.66. The predicted octanol–water partition coefficient (Wildman–Crippen LogP) is 4.79. The van der Waals surface area contributed by atoms with Crippen molar-refractivity contribution in [3.05, 3.63) is 102 Å². The Morgan fingerprint density at radius 3 is 1.92 bits per heavy atom. The molecule has 208 valence electrons. The van der Waals surface area contributed by atoms with Crippen LogP contribution in [-0.4, -0.2) is 50.0 Å². The van der Waals surface area contributed by atoms with Crippen LogP contribution in [0.15, 0.2) is 91.0 Å². The van der Waals surface area contributed by atoms with Gasteiger partial charge >= 0.3 is 0 Å². The van der Waals surface area contributed by atoms with Gasteiger partial charge in [-0.3, -0.25) is 13.9 Å². The van der Waals surface area contributed by atoms with Crippen molar-refractivity contribution in [1.29, 1.82) is 0 Å². The van der Waals surface area contributed by atoms with Gasteiger partial charge in [0.2, 0.25) is 21.8 Å². The number of nitrogens with zero attached hydrogens (tertiary/aromatic N) is 2. The minimum Gasteiger partial charge on any atom is -0.352 e. The Morgan fingerprint density at radius 2 is 1.38 bits per heavy atom. The summed E-state index contributed by atoms with van der Waals surface area (Å²) in [7, 11) is -3.53. The number of carbonyl (C=O) groups excluding carboxylic acids is 2. The molecular formula is C31H39N3O4S. The molecule has 2 atom stereocenters. The topological polar surface area (TPSA) is 86.8 Å². The predicted molar refractivity (Wildman–Crippen MR) is 157 cm³/mol. The van der Waals surface area contributed by atoms with Crippen LogP contribution in [0.5, 0.6) is 0 Å². The molecule has 0 unspecified atom stereocenters. The Kier molecular flexibility index (Phi) is 11.1. The van der Waals surface area contributed by atoms with Crippen LogP contribution in [0.2, 0.25) is 0 Å². The molecule has 0 radical (unpaired) electrons. The Balaban J connectivity index is 1.86. The van der Waals surface area contributed by atoms with E-state index in [1.54, 1.807) is 29.2 Å². The molecule has 3 aromatic rings. The summed E-state index contributed by atoms with van der Waals surface area (Å²) in [6, 6.07) is 27.4. The molecule has 0 bridgehead atoms. The van der Waals surface area contributed by atoms with Crippen LogP contribution < -0.4 is 9.62 Å². The van der Waals surface area contributed by atoms with E-state index >= 15 is 0 Å². The highest BCUT2D eigenvalue weighted by Gasteiger charge is 2.31. The molecule has 0 saturated carbocycles. The van der Waals surface area contributed by atoms with Gasteiger partial charge in [0.1, 0.15) is 6.04 Å². The lowest BCUT2D eigenvalue weighted by molar-refractivity contribution is -0.141. The number of anilines is 1. The first-order chi connectivity index (χ1) is 18.7. The molecule has 0 saturated heterocycles. The van der Waals surface area contributed by atoms with E-state index in [-0.39, 0.29) is 37.4 Å². The first kappa shape index (κ1) is 29.9. The van der Waals surface area contributed by atoms with Crippen LogP contribution in [-0.2, 0) is 32.6 Å². The summed E-state index contributed by atoms with van der Waals surface area (Å²) in [5.41, 5.74) is 2.44. The largest absolute Gasteiger partial charge is 0.352 e. The Hall–Kier alpha value is -3.65. The van der Waals surface area contributed by atoms with Gasteiger partial charge in [-0.2, -0.15) is 0 Å². The maximum absolute atomic E-state index is 13.8. The van der Waals surface area contributed by atoms with Gasteiger partial charge in [0, 0.05) is 32.0 Å². The quantitative estimate of drug-likeness (QED) is 0.313. The Bertz CT molecular complexity index is 1290. The zero-order chi connectivity index (χ0) is 28.3. The van der Waals surface area contributed by atoms with Gasteiger partial charge in [-0.1, -0.05) is 85.8 Å². The second-order valence-corrected chi connectivity index (χ2v) is 11.7. The van der Waals surface area contributed by atoms with E-state index in [0.717, 1.165) is 17.5 Å². The molecule has 0 aliphatic carbocycles. The monoisotopic (exact) mass is 549 g/mol. The molecular weight excluding hydrogens is 510 g/mol. The van der Waals surface area contributed by atoms with Gasteiger partial charge in [0.05, 0.1) is 11.9 Å². The molecule has 0 aliphatic heterocycles. The maximum Gasteiger partial charge on any atom is 0.243 e. The van der Waals surface area contributed by atoms with Crippen LogP contribution in [0.3, 0.4) is 0 Å². The fraction of sp³-hybridized carbons (Fsp3) is 0.355. The lowest BCUT2D eigenvalue weighted by Gasteiger charge is -2.32. The fourth-order valence-electron chi connectivity index (χ4n) is 4.37. The van der Waals surface area contributed by atoms with E-state index in [2.05, 4.69) is 5.32 Å². The standard InChI is InChI=1S/C31H39N3O4S/c1-4-25(2)32-31(36)29(23-26-15-8-5-9-16-26)33(24-27-17-10-6-11-18-27)30(35)21-14-22-34(39(3,37)38)28-19-12-7-13-20-28/h5-13,15-20,25,29H,4,14,21-24H2,1-3H3,(H,32,36)/t25-,29+/m1/s1. The Morgan fingerprint density at radius 1 is 0.846 bits per heavy atom. The summed E-state index contributed by atoms with van der Waals surface area (Å²) in [6.07, 6.45) is 2.74. The summed E-state index contributed by atoms with van der Waals surface area (Å²) in [4.78, 5) is 29.0. The van der Waals surface area contributed by atoms with E-state index in [1.807, 2.05) is 80.6 Å². The number of amides is 2. The molecule has 0 aliphatic rings. The molecule has 39 heavy (non-hydrogen) atoms. The number of benzene rings is 3. The number of para-hydroxylation sites is 1. The van der Waals surface area contributed by atoms with Gasteiger partial charge in [-0.15, -0.1) is 0 Å². The summed E-state index contributed by atoms with van der Waals surface area (Å²) in [5, 5.41) is 3.07. The van der Waals surface area contributed by atoms with Crippen molar-refractivity contribution < 1.29 is 18.0 Å². The van der Waals surface area contributed by atoms with Crippen LogP contribution in [0.1, 0.15) is 44.2 Å². The van der Waals surface area contributed by atoms with Crippen molar-refractivity contribution in [3.8, 4) is 0 Å². The summed E-state index contributed by atoms with van der Waals surface area (Å²) in [5.74, 6) is -0.389. The lowest BCUT2D eigenvalue weighted by Crippen LogP contribution is -2.52. The molecule has 1 N–H and O–H groups in total. The van der Waals surface area contributed by atoms with Gasteiger partial charge in [-0.05, 0) is 43.0 Å². The number of sulfonamides is 1. The molecule has 7 nitrogen and oxygen atoms in total. The third kappa shape index (κ3) is 9.25. The number of hydrogen-bond donors (Lipinski definition) is 1. The average Bonchev–Trinajstić information content (AvgIpc) is 2.93. The summed E-state index contributed by atoms with van der Waals surface area (Å²) < 4.78 is 26.3. The van der Waals surface area contributed by atoms with Gasteiger partial charge in [0.25, 0.3) is 0 Å². The number of carbonyl (C=O) groups is 2. The van der Waals surface area contributed by atoms with Crippen molar-refractivity contribution >= 4 is 27.5 Å². The zero-order valence-corrected chi connectivity index (χ0v) is 23.8. The molecule has 0 spiro atoms. The average molecular weight is 550 g/mol. The lowest BCUT2D eigenvalue weighted by atomic mass is 10.0. The summed E-state index contributed by atoms with van der Waals surface area (Å²) in [6.45, 7) is 4.39. The second kappa shape index (κ2) is 14.5. The first-order valence-electron chi connectivity index (χ1n) is 13.4. The molecule has 3 rings (SSSR count). The minimum absolute atomic E-state index is 0.0290. The van der Waals surface area contributed by atoms with Gasteiger partial charge < -0.3 is 10.2 Å². The molecule has 0 fully saturated rings. The fourth-order valence-corrected chi connectivity index (χ4v) is 5.34. The van der Waals surface area contributed by atoms with Crippen LogP contribution >= 0.6 is 0 Å². The number of rotatable bonds is 14. The molecule has 0 heterocycles. The Labute approximate surface area is 232 Å². The normalized spacial score (nSPS) is 12.8. The van der Waals surface area contributed by atoms with Gasteiger partial charge in [-0.25, -0.2) is 8.42 Å². The van der Waals surface area contributed by atoms with E-state index in [4.69, 9.17) is 0 Å². The summed E-state index contributed by atoms with van der Waals surface area (Å²) >= 11 is 0. The first-order valence-corrected chi connectivity index (χ1v) is 15.2. The van der Waals surface area contributed by atoms with Crippen molar-refractivity contribution in [2.45, 2.75) is 58.2 Å². The smallest absolute Gasteiger partial charge is 0.243 e. The molecule has 3 aromatic carbocycles. The number of nitrogens with one attached hydrogen (secondary N) is 1. The van der Waals surface area contributed by atoms with Crippen molar-refractivity contribution in [1.82, 2.24) is 10.2 Å². The van der Waals surface area contributed by atoms with E-state index in [0.29, 0.717) is 18.5 Å². The van der Waals surface area contributed by atoms with Crippen molar-refractivity contribution in [2.75, 3.05) is 17.1 Å². The second-order valence-electron chi connectivity index (χ2n) is 9.80. The highest BCUT2D eigenvalue weighted by molar-refractivity contribution is 7.92. The molecule has 0 aromatic heterocycles. The van der Waals surface area contributed by atoms with Gasteiger partial charge in [0.15, 0.2) is 0 Å². The van der Waals surface area contributed by atoms with Crippen LogP contribution in [0.4, 0.5) is 5.69 Å². The van der Waals surface area contributed by atoms with Crippen LogP contribution in [0.25, 0.3) is 0 Å². The highest BCUT2D eigenvalue weighted by Crippen LogP contribution is 2.20. The van der Waals surface area contributed by atoms with Crippen LogP contribution in [0, 0.1) is 0 Å².